The minimum Gasteiger partial charge on any atom is -0.493 e. The second-order valence-electron chi connectivity index (χ2n) is 6.33. The highest BCUT2D eigenvalue weighted by Crippen LogP contribution is 2.28. The summed E-state index contributed by atoms with van der Waals surface area (Å²) in [5.41, 5.74) is 3.99. The molecule has 0 bridgehead atoms. The van der Waals surface area contributed by atoms with E-state index < -0.39 is 11.8 Å². The van der Waals surface area contributed by atoms with Crippen LogP contribution in [0.15, 0.2) is 52.9 Å². The number of hydrazone groups is 1. The van der Waals surface area contributed by atoms with Crippen LogP contribution in [0.5, 0.6) is 11.5 Å². The Morgan fingerprint density at radius 2 is 1.90 bits per heavy atom. The average Bonchev–Trinajstić information content (AvgIpc) is 3.23. The van der Waals surface area contributed by atoms with Gasteiger partial charge in [0.2, 0.25) is 0 Å². The topological polar surface area (TPSA) is 113 Å². The van der Waals surface area contributed by atoms with Crippen molar-refractivity contribution in [2.24, 2.45) is 5.10 Å². The Bertz CT molecular complexity index is 1180. The van der Waals surface area contributed by atoms with Crippen molar-refractivity contribution in [2.45, 2.75) is 6.42 Å². The number of methoxy groups -OCH3 is 2. The molecule has 3 aromatic rings. The minimum absolute atomic E-state index is 0.0407. The lowest BCUT2D eigenvalue weighted by Crippen LogP contribution is -2.35. The van der Waals surface area contributed by atoms with Crippen molar-refractivity contribution in [3.8, 4) is 17.6 Å². The summed E-state index contributed by atoms with van der Waals surface area (Å²) in [5, 5.41) is 18.7. The highest BCUT2D eigenvalue weighted by atomic mass is 32.1. The van der Waals surface area contributed by atoms with Gasteiger partial charge < -0.3 is 14.8 Å². The Morgan fingerprint density at radius 3 is 2.65 bits per heavy atom. The Kier molecular flexibility index (Phi) is 7.19. The lowest BCUT2D eigenvalue weighted by atomic mass is 10.1. The molecule has 0 spiro atoms. The maximum atomic E-state index is 12.3. The molecule has 1 heterocycles. The quantitative estimate of drug-likeness (QED) is 0.416. The van der Waals surface area contributed by atoms with Crippen LogP contribution in [0.1, 0.15) is 22.3 Å². The minimum atomic E-state index is -0.510. The van der Waals surface area contributed by atoms with Crippen LogP contribution in [0.25, 0.3) is 10.1 Å². The van der Waals surface area contributed by atoms with Crippen molar-refractivity contribution >= 4 is 38.9 Å². The number of nitrogens with zero attached hydrogens (tertiary/aromatic N) is 2. The summed E-state index contributed by atoms with van der Waals surface area (Å²) in [6.07, 6.45) is 0.0407. The van der Waals surface area contributed by atoms with E-state index in [4.69, 9.17) is 14.7 Å². The van der Waals surface area contributed by atoms with E-state index in [2.05, 4.69) is 21.9 Å². The third kappa shape index (κ3) is 5.18. The smallest absolute Gasteiger partial charge is 0.259 e. The highest BCUT2D eigenvalue weighted by molar-refractivity contribution is 7.17. The molecule has 2 N–H and O–H groups in total. The molecule has 0 saturated carbocycles. The van der Waals surface area contributed by atoms with E-state index in [0.29, 0.717) is 22.8 Å². The molecule has 0 atom stereocenters. The Balaban J connectivity index is 1.65. The van der Waals surface area contributed by atoms with Gasteiger partial charge in [-0.1, -0.05) is 18.2 Å². The Labute approximate surface area is 183 Å². The standard InChI is InChI=1S/C22H20N4O4S/c1-29-18-8-7-14(11-19(18)30-2)22(28)24-12-21(27)26-25-17(9-10-23)16-13-31-20-6-4-3-5-15(16)20/h3-8,11,13H,9,12H2,1-2H3,(H,24,28)(H,26,27). The van der Waals surface area contributed by atoms with Crippen LogP contribution in [0.2, 0.25) is 0 Å². The van der Waals surface area contributed by atoms with Gasteiger partial charge in [0.15, 0.2) is 11.5 Å². The van der Waals surface area contributed by atoms with E-state index in [1.54, 1.807) is 23.5 Å². The third-order valence-corrected chi connectivity index (χ3v) is 5.37. The number of ether oxygens (including phenoxy) is 2. The molecule has 0 aliphatic heterocycles. The SMILES string of the molecule is COc1ccc(C(=O)NCC(=O)NN=C(CC#N)c2csc3ccccc23)cc1OC. The summed E-state index contributed by atoms with van der Waals surface area (Å²) < 4.78 is 11.4. The summed E-state index contributed by atoms with van der Waals surface area (Å²) in [5.74, 6) is -0.0459. The Hall–Kier alpha value is -3.90. The van der Waals surface area contributed by atoms with Crippen molar-refractivity contribution in [1.82, 2.24) is 10.7 Å². The summed E-state index contributed by atoms with van der Waals surface area (Å²) in [4.78, 5) is 24.5. The molecule has 158 valence electrons. The summed E-state index contributed by atoms with van der Waals surface area (Å²) >= 11 is 1.54. The first-order valence-corrected chi connectivity index (χ1v) is 10.1. The number of hydrogen-bond acceptors (Lipinski definition) is 7. The molecule has 2 amide bonds. The maximum Gasteiger partial charge on any atom is 0.259 e. The lowest BCUT2D eigenvalue weighted by molar-refractivity contribution is -0.120. The number of thiophene rings is 1. The average molecular weight is 436 g/mol. The summed E-state index contributed by atoms with van der Waals surface area (Å²) in [7, 11) is 2.97. The number of carbonyl (C=O) groups is 2. The third-order valence-electron chi connectivity index (χ3n) is 4.41. The number of nitrogens with one attached hydrogen (secondary N) is 2. The molecule has 0 aliphatic carbocycles. The van der Waals surface area contributed by atoms with Crippen molar-refractivity contribution in [3.63, 3.8) is 0 Å². The first-order chi connectivity index (χ1) is 15.1. The number of benzene rings is 2. The molecule has 3 rings (SSSR count). The molecule has 2 aromatic carbocycles. The van der Waals surface area contributed by atoms with Gasteiger partial charge in [0.05, 0.1) is 39.0 Å². The van der Waals surface area contributed by atoms with Crippen LogP contribution in [0.3, 0.4) is 0 Å². The van der Waals surface area contributed by atoms with Gasteiger partial charge in [-0.15, -0.1) is 11.3 Å². The highest BCUT2D eigenvalue weighted by Gasteiger charge is 2.13. The molecule has 0 fully saturated rings. The largest absolute Gasteiger partial charge is 0.493 e. The first kappa shape index (κ1) is 21.8. The molecular formula is C22H20N4O4S. The van der Waals surface area contributed by atoms with E-state index in [0.717, 1.165) is 15.6 Å². The molecule has 0 unspecified atom stereocenters. The van der Waals surface area contributed by atoms with Gasteiger partial charge in [0.25, 0.3) is 11.8 Å². The zero-order valence-electron chi connectivity index (χ0n) is 17.0. The number of fused-ring (bicyclic) bond motifs is 1. The van der Waals surface area contributed by atoms with Gasteiger partial charge >= 0.3 is 0 Å². The molecule has 1 aromatic heterocycles. The maximum absolute atomic E-state index is 12.3. The monoisotopic (exact) mass is 436 g/mol. The predicted octanol–water partition coefficient (Wildman–Crippen LogP) is 3.08. The number of rotatable bonds is 8. The van der Waals surface area contributed by atoms with E-state index >= 15 is 0 Å². The van der Waals surface area contributed by atoms with Crippen molar-refractivity contribution in [3.05, 3.63) is 59.0 Å². The second-order valence-corrected chi connectivity index (χ2v) is 7.24. The molecule has 0 aliphatic rings. The van der Waals surface area contributed by atoms with Gasteiger partial charge in [0, 0.05) is 26.6 Å². The van der Waals surface area contributed by atoms with Crippen LogP contribution in [0.4, 0.5) is 0 Å². The predicted molar refractivity (Wildman–Crippen MR) is 119 cm³/mol. The normalized spacial score (nSPS) is 10.9. The number of carbonyl (C=O) groups excluding carboxylic acids is 2. The van der Waals surface area contributed by atoms with E-state index in [-0.39, 0.29) is 13.0 Å². The lowest BCUT2D eigenvalue weighted by Gasteiger charge is -2.10. The van der Waals surface area contributed by atoms with Crippen molar-refractivity contribution < 1.29 is 19.1 Å². The number of nitriles is 1. The Morgan fingerprint density at radius 1 is 1.13 bits per heavy atom. The summed E-state index contributed by atoms with van der Waals surface area (Å²) in [6, 6.07) is 14.5. The fourth-order valence-electron chi connectivity index (χ4n) is 2.88. The molecule has 0 radical (unpaired) electrons. The van der Waals surface area contributed by atoms with E-state index in [1.807, 2.05) is 29.6 Å². The van der Waals surface area contributed by atoms with Crippen LogP contribution in [-0.2, 0) is 4.79 Å². The van der Waals surface area contributed by atoms with Crippen LogP contribution in [-0.4, -0.2) is 38.3 Å². The van der Waals surface area contributed by atoms with Crippen LogP contribution >= 0.6 is 11.3 Å². The number of amides is 2. The summed E-state index contributed by atoms with van der Waals surface area (Å²) in [6.45, 7) is -0.277. The molecule has 8 nitrogen and oxygen atoms in total. The van der Waals surface area contributed by atoms with E-state index in [9.17, 15) is 9.59 Å². The van der Waals surface area contributed by atoms with Gasteiger partial charge in [-0.25, -0.2) is 5.43 Å². The molecule has 0 saturated heterocycles. The van der Waals surface area contributed by atoms with Gasteiger partial charge in [-0.3, -0.25) is 9.59 Å². The zero-order valence-corrected chi connectivity index (χ0v) is 17.8. The van der Waals surface area contributed by atoms with Gasteiger partial charge in [-0.2, -0.15) is 10.4 Å². The molecule has 9 heteroatoms. The van der Waals surface area contributed by atoms with Gasteiger partial charge in [0.1, 0.15) is 0 Å². The van der Waals surface area contributed by atoms with Crippen LogP contribution in [0, 0.1) is 11.3 Å². The van der Waals surface area contributed by atoms with E-state index in [1.165, 1.54) is 20.3 Å². The van der Waals surface area contributed by atoms with Crippen LogP contribution < -0.4 is 20.2 Å². The second kappa shape index (κ2) is 10.2. The number of hydrogen-bond donors (Lipinski definition) is 2. The zero-order chi connectivity index (χ0) is 22.2. The fraction of sp³-hybridized carbons (Fsp3) is 0.182. The molecular weight excluding hydrogens is 416 g/mol. The fourth-order valence-corrected chi connectivity index (χ4v) is 3.85. The first-order valence-electron chi connectivity index (χ1n) is 9.26. The van der Waals surface area contributed by atoms with Gasteiger partial charge in [-0.05, 0) is 24.3 Å². The van der Waals surface area contributed by atoms with Crippen molar-refractivity contribution in [1.29, 1.82) is 5.26 Å². The van der Waals surface area contributed by atoms with Crippen molar-refractivity contribution in [2.75, 3.05) is 20.8 Å². The molecule has 31 heavy (non-hydrogen) atoms.